The first-order chi connectivity index (χ1) is 9.94. The Bertz CT molecular complexity index is 619. The summed E-state index contributed by atoms with van der Waals surface area (Å²) in [6, 6.07) is 9.34. The van der Waals surface area contributed by atoms with Crippen LogP contribution in [0.1, 0.15) is 17.0 Å². The van der Waals surface area contributed by atoms with Crippen LogP contribution in [0.25, 0.3) is 0 Å². The summed E-state index contributed by atoms with van der Waals surface area (Å²) in [6.45, 7) is 4.34. The molecule has 6 heteroatoms. The predicted octanol–water partition coefficient (Wildman–Crippen LogP) is 1.17. The molecule has 0 radical (unpaired) electrons. The Kier molecular flexibility index (Phi) is 4.37. The minimum absolute atomic E-state index is 0.0628. The topological polar surface area (TPSA) is 98.1 Å². The highest BCUT2D eigenvalue weighted by atomic mass is 16.1. The van der Waals surface area contributed by atoms with E-state index in [1.165, 1.54) is 0 Å². The Morgan fingerprint density at radius 3 is 2.24 bits per heavy atom. The molecule has 0 atom stereocenters. The second kappa shape index (κ2) is 6.21. The lowest BCUT2D eigenvalue weighted by molar-refractivity contribution is -0.116. The van der Waals surface area contributed by atoms with E-state index < -0.39 is 5.91 Å². The summed E-state index contributed by atoms with van der Waals surface area (Å²) in [6.07, 6.45) is 0. The van der Waals surface area contributed by atoms with Crippen LogP contribution in [0.2, 0.25) is 0 Å². The van der Waals surface area contributed by atoms with Gasteiger partial charge in [-0.1, -0.05) is 12.1 Å². The minimum atomic E-state index is -0.423. The van der Waals surface area contributed by atoms with Crippen LogP contribution < -0.4 is 16.4 Å². The molecule has 1 aromatic carbocycles. The maximum Gasteiger partial charge on any atom is 0.237 e. The zero-order chi connectivity index (χ0) is 15.4. The zero-order valence-corrected chi connectivity index (χ0v) is 12.2. The Hall–Kier alpha value is -2.63. The molecule has 1 heterocycles. The van der Waals surface area contributed by atoms with E-state index in [9.17, 15) is 4.79 Å². The van der Waals surface area contributed by atoms with Crippen molar-refractivity contribution in [3.63, 3.8) is 0 Å². The van der Waals surface area contributed by atoms with E-state index in [-0.39, 0.29) is 6.54 Å². The van der Waals surface area contributed by atoms with Gasteiger partial charge in [0.1, 0.15) is 0 Å². The van der Waals surface area contributed by atoms with Gasteiger partial charge in [0.2, 0.25) is 11.9 Å². The van der Waals surface area contributed by atoms with Crippen LogP contribution in [0.3, 0.4) is 0 Å². The van der Waals surface area contributed by atoms with Crippen LogP contribution in [0.4, 0.5) is 11.6 Å². The highest BCUT2D eigenvalue weighted by Crippen LogP contribution is 2.15. The quantitative estimate of drug-likeness (QED) is 0.803. The third-order valence-corrected chi connectivity index (χ3v) is 2.95. The molecule has 2 aromatic rings. The summed E-state index contributed by atoms with van der Waals surface area (Å²) in [5.74, 6) is 0.0799. The van der Waals surface area contributed by atoms with Crippen LogP contribution in [0, 0.1) is 13.8 Å². The van der Waals surface area contributed by atoms with Crippen molar-refractivity contribution in [2.75, 3.05) is 17.2 Å². The normalized spacial score (nSPS) is 10.4. The summed E-state index contributed by atoms with van der Waals surface area (Å²) in [5.41, 5.74) is 14.4. The molecule has 6 nitrogen and oxygen atoms in total. The molecule has 1 amide bonds. The second-order valence-corrected chi connectivity index (χ2v) is 5.01. The summed E-state index contributed by atoms with van der Waals surface area (Å²) in [7, 11) is 0. The SMILES string of the molecule is Cc1cc(C)nc(N(CC(N)=O)Cc2ccc(N)cc2)n1. The number of rotatable bonds is 5. The number of carbonyl (C=O) groups excluding carboxylic acids is 1. The standard InChI is InChI=1S/C15H19N5O/c1-10-7-11(2)19-15(18-10)20(9-14(17)21)8-12-3-5-13(16)6-4-12/h3-7H,8-9,16H2,1-2H3,(H2,17,21). The Morgan fingerprint density at radius 1 is 1.14 bits per heavy atom. The highest BCUT2D eigenvalue weighted by Gasteiger charge is 2.14. The van der Waals surface area contributed by atoms with Crippen LogP contribution in [0.5, 0.6) is 0 Å². The predicted molar refractivity (Wildman–Crippen MR) is 82.6 cm³/mol. The van der Waals surface area contributed by atoms with Gasteiger partial charge in [0.25, 0.3) is 0 Å². The first-order valence-electron chi connectivity index (χ1n) is 6.64. The van der Waals surface area contributed by atoms with E-state index in [0.717, 1.165) is 17.0 Å². The van der Waals surface area contributed by atoms with Crippen molar-refractivity contribution in [2.24, 2.45) is 5.73 Å². The molecule has 0 saturated carbocycles. The van der Waals surface area contributed by atoms with E-state index in [0.29, 0.717) is 18.2 Å². The summed E-state index contributed by atoms with van der Waals surface area (Å²) in [4.78, 5) is 21.8. The number of nitrogen functional groups attached to an aromatic ring is 1. The molecule has 4 N–H and O–H groups in total. The van der Waals surface area contributed by atoms with Crippen molar-refractivity contribution >= 4 is 17.5 Å². The number of carbonyl (C=O) groups is 1. The van der Waals surface area contributed by atoms with E-state index in [2.05, 4.69) is 9.97 Å². The monoisotopic (exact) mass is 285 g/mol. The van der Waals surface area contributed by atoms with Gasteiger partial charge in [0.05, 0.1) is 6.54 Å². The third-order valence-electron chi connectivity index (χ3n) is 2.95. The minimum Gasteiger partial charge on any atom is -0.399 e. The molecule has 0 aliphatic rings. The number of amides is 1. The lowest BCUT2D eigenvalue weighted by Crippen LogP contribution is -2.34. The summed E-state index contributed by atoms with van der Waals surface area (Å²) in [5, 5.41) is 0. The van der Waals surface area contributed by atoms with Gasteiger partial charge in [0.15, 0.2) is 0 Å². The van der Waals surface area contributed by atoms with Gasteiger partial charge in [0, 0.05) is 23.6 Å². The van der Waals surface area contributed by atoms with E-state index in [1.54, 1.807) is 4.90 Å². The van der Waals surface area contributed by atoms with Crippen molar-refractivity contribution in [3.05, 3.63) is 47.3 Å². The smallest absolute Gasteiger partial charge is 0.237 e. The number of hydrogen-bond acceptors (Lipinski definition) is 5. The molecule has 1 aromatic heterocycles. The number of anilines is 2. The van der Waals surface area contributed by atoms with Crippen molar-refractivity contribution in [1.29, 1.82) is 0 Å². The van der Waals surface area contributed by atoms with Crippen LogP contribution in [0.15, 0.2) is 30.3 Å². The van der Waals surface area contributed by atoms with Crippen LogP contribution >= 0.6 is 0 Å². The molecule has 110 valence electrons. The summed E-state index contributed by atoms with van der Waals surface area (Å²) < 4.78 is 0. The fraction of sp³-hybridized carbons (Fsp3) is 0.267. The molecule has 2 rings (SSSR count). The van der Waals surface area contributed by atoms with Gasteiger partial charge in [-0.3, -0.25) is 4.79 Å². The fourth-order valence-corrected chi connectivity index (χ4v) is 2.08. The van der Waals surface area contributed by atoms with Crippen molar-refractivity contribution in [3.8, 4) is 0 Å². The van der Waals surface area contributed by atoms with Crippen molar-refractivity contribution in [2.45, 2.75) is 20.4 Å². The van der Waals surface area contributed by atoms with Gasteiger partial charge in [-0.25, -0.2) is 9.97 Å². The zero-order valence-electron chi connectivity index (χ0n) is 12.2. The molecule has 21 heavy (non-hydrogen) atoms. The van der Waals surface area contributed by atoms with Gasteiger partial charge in [-0.2, -0.15) is 0 Å². The van der Waals surface area contributed by atoms with Crippen molar-refractivity contribution < 1.29 is 4.79 Å². The Morgan fingerprint density at radius 2 is 1.71 bits per heavy atom. The molecule has 0 bridgehead atoms. The van der Waals surface area contributed by atoms with Crippen LogP contribution in [-0.2, 0) is 11.3 Å². The van der Waals surface area contributed by atoms with E-state index >= 15 is 0 Å². The molecule has 0 unspecified atom stereocenters. The third kappa shape index (κ3) is 4.17. The number of aromatic nitrogens is 2. The maximum atomic E-state index is 11.3. The van der Waals surface area contributed by atoms with E-state index in [4.69, 9.17) is 11.5 Å². The number of nitrogens with zero attached hydrogens (tertiary/aromatic N) is 3. The molecule has 0 saturated heterocycles. The number of aryl methyl sites for hydroxylation is 2. The molecular formula is C15H19N5O. The van der Waals surface area contributed by atoms with Crippen LogP contribution in [-0.4, -0.2) is 22.4 Å². The lowest BCUT2D eigenvalue weighted by Gasteiger charge is -2.22. The molecule has 0 fully saturated rings. The first-order valence-corrected chi connectivity index (χ1v) is 6.64. The molecule has 0 aliphatic heterocycles. The largest absolute Gasteiger partial charge is 0.399 e. The van der Waals surface area contributed by atoms with Gasteiger partial charge >= 0.3 is 0 Å². The van der Waals surface area contributed by atoms with Gasteiger partial charge < -0.3 is 16.4 Å². The number of hydrogen-bond donors (Lipinski definition) is 2. The average molecular weight is 285 g/mol. The summed E-state index contributed by atoms with van der Waals surface area (Å²) >= 11 is 0. The molecule has 0 spiro atoms. The van der Waals surface area contributed by atoms with Gasteiger partial charge in [-0.15, -0.1) is 0 Å². The van der Waals surface area contributed by atoms with E-state index in [1.807, 2.05) is 44.2 Å². The Labute approximate surface area is 123 Å². The van der Waals surface area contributed by atoms with Crippen molar-refractivity contribution in [1.82, 2.24) is 9.97 Å². The first kappa shape index (κ1) is 14.8. The maximum absolute atomic E-state index is 11.3. The second-order valence-electron chi connectivity index (χ2n) is 5.01. The average Bonchev–Trinajstić information content (AvgIpc) is 2.39. The highest BCUT2D eigenvalue weighted by molar-refractivity contribution is 5.78. The van der Waals surface area contributed by atoms with Gasteiger partial charge in [-0.05, 0) is 37.6 Å². The fourth-order valence-electron chi connectivity index (χ4n) is 2.08. The molecule has 0 aliphatic carbocycles. The Balaban J connectivity index is 2.29. The number of nitrogens with two attached hydrogens (primary N) is 2. The molecular weight excluding hydrogens is 266 g/mol. The number of benzene rings is 1. The lowest BCUT2D eigenvalue weighted by atomic mass is 10.2. The number of primary amides is 1.